The van der Waals surface area contributed by atoms with Crippen LogP contribution in [-0.2, 0) is 0 Å². The van der Waals surface area contributed by atoms with Crippen molar-refractivity contribution >= 4 is 5.78 Å². The van der Waals surface area contributed by atoms with Gasteiger partial charge in [0.15, 0.2) is 11.4 Å². The predicted octanol–water partition coefficient (Wildman–Crippen LogP) is 2.34. The lowest BCUT2D eigenvalue weighted by molar-refractivity contribution is 0.102. The van der Waals surface area contributed by atoms with E-state index in [1.165, 1.54) is 14.2 Å². The van der Waals surface area contributed by atoms with Crippen LogP contribution in [-0.4, -0.2) is 30.0 Å². The van der Waals surface area contributed by atoms with Crippen molar-refractivity contribution in [2.45, 2.75) is 13.8 Å². The van der Waals surface area contributed by atoms with Crippen LogP contribution in [0.3, 0.4) is 0 Å². The molecule has 0 N–H and O–H groups in total. The highest BCUT2D eigenvalue weighted by atomic mass is 16.5. The molecule has 2 heterocycles. The van der Waals surface area contributed by atoms with E-state index in [-0.39, 0.29) is 17.2 Å². The topological polar surface area (TPSA) is 61.3 Å². The first-order chi connectivity index (χ1) is 9.56. The van der Waals surface area contributed by atoms with Gasteiger partial charge in [-0.3, -0.25) is 4.79 Å². The van der Waals surface area contributed by atoms with Gasteiger partial charge in [-0.05, 0) is 38.1 Å². The first-order valence-corrected chi connectivity index (χ1v) is 6.14. The smallest absolute Gasteiger partial charge is 0.237 e. The second-order valence-corrected chi connectivity index (χ2v) is 4.34. The van der Waals surface area contributed by atoms with Crippen molar-refractivity contribution < 1.29 is 14.3 Å². The monoisotopic (exact) mass is 272 g/mol. The molecule has 0 unspecified atom stereocenters. The molecule has 0 fully saturated rings. The Kier molecular flexibility index (Phi) is 3.98. The van der Waals surface area contributed by atoms with Gasteiger partial charge < -0.3 is 9.47 Å². The maximum Gasteiger partial charge on any atom is 0.237 e. The minimum Gasteiger partial charge on any atom is -0.494 e. The number of carbonyl (C=O) groups excluding carboxylic acids is 1. The summed E-state index contributed by atoms with van der Waals surface area (Å²) >= 11 is 0. The fraction of sp³-hybridized carbons (Fsp3) is 0.267. The maximum atomic E-state index is 12.6. The number of hydrogen-bond donors (Lipinski definition) is 0. The maximum absolute atomic E-state index is 12.6. The molecule has 0 aliphatic rings. The number of ether oxygens (including phenoxy) is 2. The Balaban J connectivity index is 2.56. The SMILES string of the molecule is COc1ccc(C)nc1C(=O)c1nc(C)ccc1OC. The molecule has 2 aromatic heterocycles. The van der Waals surface area contributed by atoms with E-state index in [9.17, 15) is 4.79 Å². The van der Waals surface area contributed by atoms with Crippen LogP contribution in [0.5, 0.6) is 11.5 Å². The molecule has 0 saturated heterocycles. The molecule has 0 aliphatic carbocycles. The van der Waals surface area contributed by atoms with Gasteiger partial charge in [-0.2, -0.15) is 0 Å². The highest BCUT2D eigenvalue weighted by molar-refractivity contribution is 6.09. The van der Waals surface area contributed by atoms with Crippen LogP contribution in [0.4, 0.5) is 0 Å². The summed E-state index contributed by atoms with van der Waals surface area (Å²) < 4.78 is 10.4. The highest BCUT2D eigenvalue weighted by Crippen LogP contribution is 2.24. The van der Waals surface area contributed by atoms with E-state index in [0.717, 1.165) is 11.4 Å². The summed E-state index contributed by atoms with van der Waals surface area (Å²) in [5.41, 5.74) is 1.95. The number of pyridine rings is 2. The van der Waals surface area contributed by atoms with Gasteiger partial charge in [0.1, 0.15) is 11.5 Å². The lowest BCUT2D eigenvalue weighted by atomic mass is 10.1. The van der Waals surface area contributed by atoms with Crippen molar-refractivity contribution in [1.29, 1.82) is 0 Å². The molecule has 0 radical (unpaired) electrons. The molecule has 104 valence electrons. The minimum absolute atomic E-state index is 0.240. The lowest BCUT2D eigenvalue weighted by Crippen LogP contribution is -2.11. The zero-order valence-corrected chi connectivity index (χ0v) is 11.9. The third-order valence-corrected chi connectivity index (χ3v) is 2.86. The third-order valence-electron chi connectivity index (χ3n) is 2.86. The van der Waals surface area contributed by atoms with Gasteiger partial charge >= 0.3 is 0 Å². The number of rotatable bonds is 4. The lowest BCUT2D eigenvalue weighted by Gasteiger charge is -2.10. The highest BCUT2D eigenvalue weighted by Gasteiger charge is 2.21. The molecule has 5 heteroatoms. The number of aryl methyl sites for hydroxylation is 2. The molecule has 0 saturated carbocycles. The van der Waals surface area contributed by atoms with E-state index >= 15 is 0 Å². The average molecular weight is 272 g/mol. The van der Waals surface area contributed by atoms with Crippen molar-refractivity contribution in [1.82, 2.24) is 9.97 Å². The van der Waals surface area contributed by atoms with Gasteiger partial charge in [-0.15, -0.1) is 0 Å². The molecule has 2 aromatic rings. The number of carbonyl (C=O) groups is 1. The van der Waals surface area contributed by atoms with E-state index in [0.29, 0.717) is 11.5 Å². The summed E-state index contributed by atoms with van der Waals surface area (Å²) in [4.78, 5) is 21.1. The summed E-state index contributed by atoms with van der Waals surface area (Å²) in [6, 6.07) is 7.02. The molecule has 0 spiro atoms. The Morgan fingerprint density at radius 2 is 1.25 bits per heavy atom. The second kappa shape index (κ2) is 5.69. The molecule has 2 rings (SSSR count). The van der Waals surface area contributed by atoms with E-state index in [4.69, 9.17) is 9.47 Å². The van der Waals surface area contributed by atoms with E-state index in [1.807, 2.05) is 13.8 Å². The predicted molar refractivity (Wildman–Crippen MR) is 74.5 cm³/mol. The standard InChI is InChI=1S/C15H16N2O3/c1-9-5-7-11(19-3)13(16-9)15(18)14-12(20-4)8-6-10(2)17-14/h5-8H,1-4H3. The van der Waals surface area contributed by atoms with Crippen LogP contribution in [0.2, 0.25) is 0 Å². The second-order valence-electron chi connectivity index (χ2n) is 4.34. The minimum atomic E-state index is -0.314. The third kappa shape index (κ3) is 2.61. The van der Waals surface area contributed by atoms with Crippen LogP contribution in [0.15, 0.2) is 24.3 Å². The number of ketones is 1. The van der Waals surface area contributed by atoms with Crippen LogP contribution >= 0.6 is 0 Å². The van der Waals surface area contributed by atoms with Gasteiger partial charge in [0.25, 0.3) is 0 Å². The Morgan fingerprint density at radius 1 is 0.850 bits per heavy atom. The van der Waals surface area contributed by atoms with E-state index in [2.05, 4.69) is 9.97 Å². The van der Waals surface area contributed by atoms with Gasteiger partial charge in [0, 0.05) is 11.4 Å². The van der Waals surface area contributed by atoms with Crippen molar-refractivity contribution in [2.24, 2.45) is 0 Å². The Labute approximate surface area is 117 Å². The van der Waals surface area contributed by atoms with Crippen molar-refractivity contribution in [3.8, 4) is 11.5 Å². The number of aromatic nitrogens is 2. The van der Waals surface area contributed by atoms with Gasteiger partial charge in [0.2, 0.25) is 5.78 Å². The Morgan fingerprint density at radius 3 is 1.60 bits per heavy atom. The number of nitrogens with zero attached hydrogens (tertiary/aromatic N) is 2. The Hall–Kier alpha value is -2.43. The zero-order chi connectivity index (χ0) is 14.7. The molecular formula is C15H16N2O3. The van der Waals surface area contributed by atoms with Crippen molar-refractivity contribution in [3.05, 3.63) is 47.0 Å². The van der Waals surface area contributed by atoms with E-state index < -0.39 is 0 Å². The summed E-state index contributed by atoms with van der Waals surface area (Å²) in [6.45, 7) is 3.63. The molecule has 5 nitrogen and oxygen atoms in total. The summed E-state index contributed by atoms with van der Waals surface area (Å²) in [7, 11) is 3.01. The fourth-order valence-electron chi connectivity index (χ4n) is 1.85. The van der Waals surface area contributed by atoms with Gasteiger partial charge in [0.05, 0.1) is 14.2 Å². The Bertz CT molecular complexity index is 598. The largest absolute Gasteiger partial charge is 0.494 e. The van der Waals surface area contributed by atoms with Crippen LogP contribution < -0.4 is 9.47 Å². The molecule has 0 atom stereocenters. The van der Waals surface area contributed by atoms with Crippen LogP contribution in [0, 0.1) is 13.8 Å². The molecular weight excluding hydrogens is 256 g/mol. The zero-order valence-electron chi connectivity index (χ0n) is 11.9. The first kappa shape index (κ1) is 14.0. The van der Waals surface area contributed by atoms with Crippen LogP contribution in [0.25, 0.3) is 0 Å². The fourth-order valence-corrected chi connectivity index (χ4v) is 1.85. The van der Waals surface area contributed by atoms with E-state index in [1.54, 1.807) is 24.3 Å². The summed E-state index contributed by atoms with van der Waals surface area (Å²) in [5, 5.41) is 0. The van der Waals surface area contributed by atoms with Crippen LogP contribution in [0.1, 0.15) is 27.6 Å². The summed E-state index contributed by atoms with van der Waals surface area (Å²) in [6.07, 6.45) is 0. The molecule has 0 amide bonds. The van der Waals surface area contributed by atoms with Crippen molar-refractivity contribution in [3.63, 3.8) is 0 Å². The average Bonchev–Trinajstić information content (AvgIpc) is 2.46. The molecule has 0 aliphatic heterocycles. The normalized spacial score (nSPS) is 10.2. The van der Waals surface area contributed by atoms with Crippen molar-refractivity contribution in [2.75, 3.05) is 14.2 Å². The number of methoxy groups -OCH3 is 2. The number of hydrogen-bond acceptors (Lipinski definition) is 5. The summed E-state index contributed by atoms with van der Waals surface area (Å²) in [5.74, 6) is 0.531. The molecule has 0 bridgehead atoms. The van der Waals surface area contributed by atoms with Gasteiger partial charge in [-0.1, -0.05) is 0 Å². The van der Waals surface area contributed by atoms with Gasteiger partial charge in [-0.25, -0.2) is 9.97 Å². The molecule has 20 heavy (non-hydrogen) atoms. The quantitative estimate of drug-likeness (QED) is 0.799. The first-order valence-electron chi connectivity index (χ1n) is 6.14. The molecule has 0 aromatic carbocycles.